The summed E-state index contributed by atoms with van der Waals surface area (Å²) in [6.07, 6.45) is -1.68. The van der Waals surface area contributed by atoms with Crippen LogP contribution in [0.25, 0.3) is 17.0 Å². The smallest absolute Gasteiger partial charge is 0.398 e. The number of nitrogens with zero attached hydrogens (tertiary/aromatic N) is 1. The predicted octanol–water partition coefficient (Wildman–Crippen LogP) is 5.61. The Balaban J connectivity index is 1.73. The van der Waals surface area contributed by atoms with E-state index in [9.17, 15) is 18.0 Å². The molecule has 0 saturated heterocycles. The summed E-state index contributed by atoms with van der Waals surface area (Å²) in [5, 5.41) is 3.45. The molecular weight excluding hydrogens is 379 g/mol. The number of carbonyl (C=O) groups excluding carboxylic acids is 1. The maximum absolute atomic E-state index is 12.6. The maximum atomic E-state index is 12.6. The monoisotopic (exact) mass is 399 g/mol. The number of aromatic nitrogens is 1. The minimum atomic E-state index is -4.39. The van der Waals surface area contributed by atoms with E-state index >= 15 is 0 Å². The van der Waals surface area contributed by atoms with Gasteiger partial charge in [-0.3, -0.25) is 9.78 Å². The predicted molar refractivity (Wildman–Crippen MR) is 109 cm³/mol. The molecule has 0 atom stereocenters. The van der Waals surface area contributed by atoms with Gasteiger partial charge in [0, 0.05) is 28.5 Å². The van der Waals surface area contributed by atoms with Crippen LogP contribution in [0.1, 0.15) is 36.6 Å². The van der Waals surface area contributed by atoms with Crippen LogP contribution in [-0.4, -0.2) is 10.9 Å². The number of carbonyl (C=O) groups is 1. The molecule has 0 radical (unpaired) electrons. The molecule has 0 aliphatic rings. The van der Waals surface area contributed by atoms with Crippen molar-refractivity contribution in [3.63, 3.8) is 0 Å². The van der Waals surface area contributed by atoms with Gasteiger partial charge in [0.15, 0.2) is 0 Å². The van der Waals surface area contributed by atoms with Crippen molar-refractivity contribution in [1.29, 1.82) is 0 Å². The Labute approximate surface area is 166 Å². The first-order valence-electron chi connectivity index (χ1n) is 9.00. The molecule has 4 nitrogen and oxygen atoms in total. The number of rotatable bonds is 4. The fourth-order valence-electron chi connectivity index (χ4n) is 2.79. The molecule has 0 unspecified atom stereocenters. The van der Waals surface area contributed by atoms with Crippen LogP contribution in [-0.2, 0) is 11.0 Å². The SMILES string of the molecule is CC(C)c1cc(N)c2cc(NC(=O)/C=C/c3ccc(C(F)(F)F)cc3)ccc2n1. The lowest BCUT2D eigenvalue weighted by Gasteiger charge is -2.10. The second kappa shape index (κ2) is 7.95. The number of nitrogens with two attached hydrogens (primary N) is 1. The second-order valence-electron chi connectivity index (χ2n) is 6.97. The molecule has 1 aromatic heterocycles. The van der Waals surface area contributed by atoms with E-state index in [-0.39, 0.29) is 5.92 Å². The summed E-state index contributed by atoms with van der Waals surface area (Å²) >= 11 is 0. The number of hydrogen-bond donors (Lipinski definition) is 2. The average Bonchev–Trinajstić information content (AvgIpc) is 2.66. The van der Waals surface area contributed by atoms with Crippen molar-refractivity contribution in [3.05, 3.63) is 71.4 Å². The third-order valence-corrected chi connectivity index (χ3v) is 4.38. The number of amides is 1. The summed E-state index contributed by atoms with van der Waals surface area (Å²) in [6.45, 7) is 4.07. The van der Waals surface area contributed by atoms with Crippen molar-refractivity contribution in [2.45, 2.75) is 25.9 Å². The van der Waals surface area contributed by atoms with Gasteiger partial charge in [0.1, 0.15) is 0 Å². The molecule has 7 heteroatoms. The topological polar surface area (TPSA) is 68.0 Å². The van der Waals surface area contributed by atoms with Crippen molar-refractivity contribution in [1.82, 2.24) is 4.98 Å². The van der Waals surface area contributed by atoms with E-state index in [0.29, 0.717) is 16.9 Å². The second-order valence-corrected chi connectivity index (χ2v) is 6.97. The Kier molecular flexibility index (Phi) is 5.59. The highest BCUT2D eigenvalue weighted by molar-refractivity contribution is 6.03. The van der Waals surface area contributed by atoms with E-state index in [1.807, 2.05) is 19.9 Å². The van der Waals surface area contributed by atoms with Crippen LogP contribution in [0.15, 0.2) is 54.6 Å². The van der Waals surface area contributed by atoms with Gasteiger partial charge >= 0.3 is 6.18 Å². The molecule has 29 heavy (non-hydrogen) atoms. The van der Waals surface area contributed by atoms with Gasteiger partial charge in [-0.2, -0.15) is 13.2 Å². The summed E-state index contributed by atoms with van der Waals surface area (Å²) in [4.78, 5) is 16.7. The lowest BCUT2D eigenvalue weighted by molar-refractivity contribution is -0.137. The highest BCUT2D eigenvalue weighted by atomic mass is 19.4. The normalized spacial score (nSPS) is 12.1. The molecule has 0 bridgehead atoms. The molecule has 150 valence electrons. The van der Waals surface area contributed by atoms with E-state index in [1.165, 1.54) is 24.3 Å². The van der Waals surface area contributed by atoms with Crippen LogP contribution in [0.4, 0.5) is 24.5 Å². The quantitative estimate of drug-likeness (QED) is 0.560. The van der Waals surface area contributed by atoms with Crippen LogP contribution in [0.5, 0.6) is 0 Å². The van der Waals surface area contributed by atoms with E-state index in [4.69, 9.17) is 5.73 Å². The molecule has 0 fully saturated rings. The Morgan fingerprint density at radius 3 is 2.41 bits per heavy atom. The van der Waals surface area contributed by atoms with Gasteiger partial charge < -0.3 is 11.1 Å². The fraction of sp³-hybridized carbons (Fsp3) is 0.182. The van der Waals surface area contributed by atoms with Crippen molar-refractivity contribution < 1.29 is 18.0 Å². The summed E-state index contributed by atoms with van der Waals surface area (Å²) in [7, 11) is 0. The number of nitrogens with one attached hydrogen (secondary N) is 1. The Bertz CT molecular complexity index is 1070. The van der Waals surface area contributed by atoms with Crippen LogP contribution in [0.3, 0.4) is 0 Å². The van der Waals surface area contributed by atoms with Gasteiger partial charge in [-0.1, -0.05) is 26.0 Å². The standard InChI is InChI=1S/C22H20F3N3O/c1-13(2)20-12-18(26)17-11-16(8-9-19(17)28-20)27-21(29)10-5-14-3-6-15(7-4-14)22(23,24)25/h3-13H,1-2H3,(H2,26,28)(H,27,29)/b10-5+. The van der Waals surface area contributed by atoms with Crippen LogP contribution in [0.2, 0.25) is 0 Å². The summed E-state index contributed by atoms with van der Waals surface area (Å²) < 4.78 is 37.7. The molecule has 1 amide bonds. The van der Waals surface area contributed by atoms with Gasteiger partial charge in [0.2, 0.25) is 5.91 Å². The number of fused-ring (bicyclic) bond motifs is 1. The molecule has 0 saturated carbocycles. The Morgan fingerprint density at radius 1 is 1.10 bits per heavy atom. The van der Waals surface area contributed by atoms with Gasteiger partial charge in [-0.05, 0) is 54.0 Å². The van der Waals surface area contributed by atoms with E-state index in [0.717, 1.165) is 28.7 Å². The van der Waals surface area contributed by atoms with Crippen LogP contribution >= 0.6 is 0 Å². The van der Waals surface area contributed by atoms with Gasteiger partial charge in [0.25, 0.3) is 0 Å². The molecule has 1 heterocycles. The zero-order valence-corrected chi connectivity index (χ0v) is 15.9. The first-order valence-corrected chi connectivity index (χ1v) is 9.00. The van der Waals surface area contributed by atoms with E-state index in [2.05, 4.69) is 10.3 Å². The molecule has 0 spiro atoms. The Morgan fingerprint density at radius 2 is 1.79 bits per heavy atom. The Hall–Kier alpha value is -3.35. The molecule has 2 aromatic carbocycles. The lowest BCUT2D eigenvalue weighted by Crippen LogP contribution is -2.08. The number of halogens is 3. The zero-order chi connectivity index (χ0) is 21.2. The summed E-state index contributed by atoms with van der Waals surface area (Å²) in [5.74, 6) is -0.161. The van der Waals surface area contributed by atoms with Crippen LogP contribution < -0.4 is 11.1 Å². The molecule has 3 rings (SSSR count). The number of alkyl halides is 3. The maximum Gasteiger partial charge on any atom is 0.416 e. The molecule has 3 aromatic rings. The molecule has 0 aliphatic heterocycles. The molecule has 3 N–H and O–H groups in total. The van der Waals surface area contributed by atoms with Crippen molar-refractivity contribution in [2.24, 2.45) is 0 Å². The minimum Gasteiger partial charge on any atom is -0.398 e. The van der Waals surface area contributed by atoms with Crippen molar-refractivity contribution in [3.8, 4) is 0 Å². The highest BCUT2D eigenvalue weighted by Gasteiger charge is 2.29. The first kappa shape index (κ1) is 20.4. The van der Waals surface area contributed by atoms with Gasteiger partial charge in [-0.15, -0.1) is 0 Å². The third kappa shape index (κ3) is 4.93. The number of benzene rings is 2. The molecular formula is C22H20F3N3O. The largest absolute Gasteiger partial charge is 0.416 e. The van der Waals surface area contributed by atoms with Gasteiger partial charge in [-0.25, -0.2) is 0 Å². The lowest BCUT2D eigenvalue weighted by atomic mass is 10.1. The first-order chi connectivity index (χ1) is 13.6. The number of nitrogen functional groups attached to an aromatic ring is 1. The number of hydrogen-bond acceptors (Lipinski definition) is 3. The number of pyridine rings is 1. The summed E-state index contributed by atoms with van der Waals surface area (Å²) in [6, 6.07) is 11.6. The minimum absolute atomic E-state index is 0.247. The third-order valence-electron chi connectivity index (χ3n) is 4.38. The molecule has 0 aliphatic carbocycles. The van der Waals surface area contributed by atoms with Gasteiger partial charge in [0.05, 0.1) is 11.1 Å². The van der Waals surface area contributed by atoms with Crippen molar-refractivity contribution in [2.75, 3.05) is 11.1 Å². The van der Waals surface area contributed by atoms with E-state index in [1.54, 1.807) is 18.2 Å². The van der Waals surface area contributed by atoms with Crippen LogP contribution in [0, 0.1) is 0 Å². The van der Waals surface area contributed by atoms with E-state index < -0.39 is 17.6 Å². The number of anilines is 2. The average molecular weight is 399 g/mol. The zero-order valence-electron chi connectivity index (χ0n) is 15.9. The highest BCUT2D eigenvalue weighted by Crippen LogP contribution is 2.29. The van der Waals surface area contributed by atoms with Crippen molar-refractivity contribution >= 4 is 34.3 Å². The summed E-state index contributed by atoms with van der Waals surface area (Å²) in [5.41, 5.74) is 8.64. The fourth-order valence-corrected chi connectivity index (χ4v) is 2.79.